The molecule has 2 aromatic rings. The molecule has 3 rings (SSSR count). The van der Waals surface area contributed by atoms with Crippen LogP contribution in [0.4, 0.5) is 0 Å². The SMILES string of the molecule is Cc1cccc2c1nc(Br)n2C1CCNCC1. The van der Waals surface area contributed by atoms with Crippen LogP contribution < -0.4 is 5.32 Å². The molecule has 0 bridgehead atoms. The number of piperidine rings is 1. The molecular weight excluding hydrogens is 278 g/mol. The molecule has 1 fully saturated rings. The maximum absolute atomic E-state index is 4.65. The number of hydrogen-bond donors (Lipinski definition) is 1. The summed E-state index contributed by atoms with van der Waals surface area (Å²) in [6, 6.07) is 6.97. The van der Waals surface area contributed by atoms with Gasteiger partial charge in [0.05, 0.1) is 11.0 Å². The molecule has 0 aliphatic carbocycles. The quantitative estimate of drug-likeness (QED) is 0.876. The summed E-state index contributed by atoms with van der Waals surface area (Å²) < 4.78 is 3.32. The Hall–Kier alpha value is -0.870. The molecule has 1 aliphatic heterocycles. The molecule has 4 heteroatoms. The number of aromatic nitrogens is 2. The van der Waals surface area contributed by atoms with Gasteiger partial charge in [0.25, 0.3) is 0 Å². The van der Waals surface area contributed by atoms with E-state index in [9.17, 15) is 0 Å². The number of nitrogens with one attached hydrogen (secondary N) is 1. The number of imidazole rings is 1. The van der Waals surface area contributed by atoms with E-state index in [0.717, 1.165) is 23.3 Å². The van der Waals surface area contributed by atoms with Crippen molar-refractivity contribution in [1.29, 1.82) is 0 Å². The van der Waals surface area contributed by atoms with Gasteiger partial charge in [0.1, 0.15) is 0 Å². The van der Waals surface area contributed by atoms with Crippen LogP contribution in [0.2, 0.25) is 0 Å². The van der Waals surface area contributed by atoms with Crippen LogP contribution in [0, 0.1) is 6.92 Å². The van der Waals surface area contributed by atoms with Crippen LogP contribution in [0.15, 0.2) is 22.9 Å². The van der Waals surface area contributed by atoms with Crippen molar-refractivity contribution >= 4 is 27.0 Å². The normalized spacial score (nSPS) is 17.8. The number of nitrogens with zero attached hydrogens (tertiary/aromatic N) is 2. The third-order valence-corrected chi connectivity index (χ3v) is 4.11. The highest BCUT2D eigenvalue weighted by Crippen LogP contribution is 2.30. The molecule has 90 valence electrons. The lowest BCUT2D eigenvalue weighted by molar-refractivity contribution is 0.370. The highest BCUT2D eigenvalue weighted by molar-refractivity contribution is 9.10. The molecule has 1 aromatic heterocycles. The number of aryl methyl sites for hydroxylation is 1. The van der Waals surface area contributed by atoms with E-state index in [1.54, 1.807) is 0 Å². The Morgan fingerprint density at radius 1 is 1.35 bits per heavy atom. The Labute approximate surface area is 109 Å². The molecule has 0 radical (unpaired) electrons. The van der Waals surface area contributed by atoms with Gasteiger partial charge in [0.2, 0.25) is 0 Å². The van der Waals surface area contributed by atoms with Crippen molar-refractivity contribution in [2.45, 2.75) is 25.8 Å². The predicted molar refractivity (Wildman–Crippen MR) is 73.3 cm³/mol. The monoisotopic (exact) mass is 293 g/mol. The topological polar surface area (TPSA) is 29.9 Å². The second-order valence-electron chi connectivity index (χ2n) is 4.67. The van der Waals surface area contributed by atoms with Crippen LogP contribution in [0.25, 0.3) is 11.0 Å². The first-order valence-corrected chi connectivity index (χ1v) is 6.90. The number of para-hydroxylation sites is 1. The summed E-state index contributed by atoms with van der Waals surface area (Å²) >= 11 is 3.61. The van der Waals surface area contributed by atoms with Crippen LogP contribution in [0.3, 0.4) is 0 Å². The van der Waals surface area contributed by atoms with Gasteiger partial charge in [-0.3, -0.25) is 0 Å². The number of benzene rings is 1. The minimum Gasteiger partial charge on any atom is -0.317 e. The van der Waals surface area contributed by atoms with Gasteiger partial charge in [-0.1, -0.05) is 12.1 Å². The largest absolute Gasteiger partial charge is 0.317 e. The Balaban J connectivity index is 2.14. The lowest BCUT2D eigenvalue weighted by Gasteiger charge is -2.25. The fraction of sp³-hybridized carbons (Fsp3) is 0.462. The van der Waals surface area contributed by atoms with E-state index in [2.05, 4.69) is 55.9 Å². The summed E-state index contributed by atoms with van der Waals surface area (Å²) in [4.78, 5) is 4.65. The van der Waals surface area contributed by atoms with Crippen molar-refractivity contribution in [1.82, 2.24) is 14.9 Å². The Morgan fingerprint density at radius 2 is 2.12 bits per heavy atom. The van der Waals surface area contributed by atoms with Crippen LogP contribution in [0.1, 0.15) is 24.4 Å². The van der Waals surface area contributed by atoms with Gasteiger partial charge in [-0.25, -0.2) is 4.98 Å². The zero-order valence-corrected chi connectivity index (χ0v) is 11.5. The third-order valence-electron chi connectivity index (χ3n) is 3.55. The van der Waals surface area contributed by atoms with Gasteiger partial charge in [0, 0.05) is 6.04 Å². The summed E-state index contributed by atoms with van der Waals surface area (Å²) in [7, 11) is 0. The van der Waals surface area contributed by atoms with E-state index in [1.807, 2.05) is 0 Å². The molecule has 1 saturated heterocycles. The summed E-state index contributed by atoms with van der Waals surface area (Å²) in [5.41, 5.74) is 3.62. The number of fused-ring (bicyclic) bond motifs is 1. The van der Waals surface area contributed by atoms with Crippen LogP contribution in [0.5, 0.6) is 0 Å². The molecular formula is C13H16BrN3. The Kier molecular flexibility index (Phi) is 2.92. The maximum Gasteiger partial charge on any atom is 0.178 e. The summed E-state index contributed by atoms with van der Waals surface area (Å²) in [5, 5.41) is 3.41. The third kappa shape index (κ3) is 1.89. The molecule has 0 unspecified atom stereocenters. The maximum atomic E-state index is 4.65. The Bertz CT molecular complexity index is 541. The van der Waals surface area contributed by atoms with Crippen molar-refractivity contribution in [3.63, 3.8) is 0 Å². The first-order chi connectivity index (χ1) is 8.27. The fourth-order valence-corrected chi connectivity index (χ4v) is 3.30. The first-order valence-electron chi connectivity index (χ1n) is 6.11. The van der Waals surface area contributed by atoms with Crippen molar-refractivity contribution in [2.24, 2.45) is 0 Å². The number of hydrogen-bond acceptors (Lipinski definition) is 2. The zero-order valence-electron chi connectivity index (χ0n) is 9.91. The summed E-state index contributed by atoms with van der Waals surface area (Å²) in [6.45, 7) is 4.32. The van der Waals surface area contributed by atoms with Crippen molar-refractivity contribution < 1.29 is 0 Å². The van der Waals surface area contributed by atoms with Gasteiger partial charge < -0.3 is 9.88 Å². The van der Waals surface area contributed by atoms with Crippen LogP contribution in [-0.2, 0) is 0 Å². The molecule has 0 amide bonds. The average molecular weight is 294 g/mol. The predicted octanol–water partition coefficient (Wildman–Crippen LogP) is 3.03. The van der Waals surface area contributed by atoms with Crippen molar-refractivity contribution in [2.75, 3.05) is 13.1 Å². The molecule has 1 N–H and O–H groups in total. The van der Waals surface area contributed by atoms with E-state index in [-0.39, 0.29) is 0 Å². The number of rotatable bonds is 1. The molecule has 17 heavy (non-hydrogen) atoms. The lowest BCUT2D eigenvalue weighted by atomic mass is 10.1. The van der Waals surface area contributed by atoms with Crippen molar-refractivity contribution in [3.05, 3.63) is 28.5 Å². The van der Waals surface area contributed by atoms with E-state index < -0.39 is 0 Å². The molecule has 2 heterocycles. The van der Waals surface area contributed by atoms with Gasteiger partial charge >= 0.3 is 0 Å². The van der Waals surface area contributed by atoms with Gasteiger partial charge in [-0.05, 0) is 60.4 Å². The smallest absolute Gasteiger partial charge is 0.178 e. The molecule has 0 atom stereocenters. The van der Waals surface area contributed by atoms with E-state index in [0.29, 0.717) is 6.04 Å². The van der Waals surface area contributed by atoms with E-state index in [4.69, 9.17) is 0 Å². The highest BCUT2D eigenvalue weighted by atomic mass is 79.9. The van der Waals surface area contributed by atoms with Gasteiger partial charge in [-0.15, -0.1) is 0 Å². The minimum absolute atomic E-state index is 0.567. The molecule has 3 nitrogen and oxygen atoms in total. The summed E-state index contributed by atoms with van der Waals surface area (Å²) in [6.07, 6.45) is 2.36. The second kappa shape index (κ2) is 4.42. The van der Waals surface area contributed by atoms with E-state index in [1.165, 1.54) is 23.9 Å². The molecule has 0 spiro atoms. The van der Waals surface area contributed by atoms with Gasteiger partial charge in [-0.2, -0.15) is 0 Å². The van der Waals surface area contributed by atoms with Crippen LogP contribution >= 0.6 is 15.9 Å². The van der Waals surface area contributed by atoms with Crippen LogP contribution in [-0.4, -0.2) is 22.6 Å². The minimum atomic E-state index is 0.567. The Morgan fingerprint density at radius 3 is 2.88 bits per heavy atom. The standard InChI is InChI=1S/C13H16BrN3/c1-9-3-2-4-11-12(9)16-13(14)17(11)10-5-7-15-8-6-10/h2-4,10,15H,5-8H2,1H3. The lowest BCUT2D eigenvalue weighted by Crippen LogP contribution is -2.29. The molecule has 1 aromatic carbocycles. The fourth-order valence-electron chi connectivity index (χ4n) is 2.64. The first kappa shape index (κ1) is 11.2. The zero-order chi connectivity index (χ0) is 11.8. The average Bonchev–Trinajstić information content (AvgIpc) is 2.68. The number of halogens is 1. The van der Waals surface area contributed by atoms with E-state index >= 15 is 0 Å². The van der Waals surface area contributed by atoms with Crippen molar-refractivity contribution in [3.8, 4) is 0 Å². The molecule has 1 aliphatic rings. The molecule has 0 saturated carbocycles. The highest BCUT2D eigenvalue weighted by Gasteiger charge is 2.20. The van der Waals surface area contributed by atoms with Gasteiger partial charge in [0.15, 0.2) is 4.73 Å². The summed E-state index contributed by atoms with van der Waals surface area (Å²) in [5.74, 6) is 0. The second-order valence-corrected chi connectivity index (χ2v) is 5.38.